The first-order valence-corrected chi connectivity index (χ1v) is 6.51. The lowest BCUT2D eigenvalue weighted by molar-refractivity contribution is 0.0697. The Balaban J connectivity index is 2.46. The Morgan fingerprint density at radius 2 is 2.00 bits per heavy atom. The molecule has 1 aromatic heterocycles. The van der Waals surface area contributed by atoms with Gasteiger partial charge in [0, 0.05) is 5.69 Å². The minimum atomic E-state index is -1.12. The number of rotatable bonds is 4. The normalized spacial score (nSPS) is 9.57. The Bertz CT molecular complexity index is 866. The van der Waals surface area contributed by atoms with Gasteiger partial charge in [-0.3, -0.25) is 5.43 Å². The van der Waals surface area contributed by atoms with Gasteiger partial charge in [-0.1, -0.05) is 0 Å². The summed E-state index contributed by atoms with van der Waals surface area (Å²) >= 11 is 0. The van der Waals surface area contributed by atoms with Gasteiger partial charge in [0.25, 0.3) is 0 Å². The van der Waals surface area contributed by atoms with Crippen molar-refractivity contribution in [3.05, 3.63) is 41.2 Å². The van der Waals surface area contributed by atoms with Gasteiger partial charge in [-0.2, -0.15) is 20.7 Å². The lowest BCUT2D eigenvalue weighted by Crippen LogP contribution is -2.09. The fraction of sp³-hybridized carbons (Fsp3) is 0.133. The fourth-order valence-electron chi connectivity index (χ4n) is 2.03. The van der Waals surface area contributed by atoms with Crippen LogP contribution in [0.15, 0.2) is 29.4 Å². The van der Waals surface area contributed by atoms with Crippen LogP contribution in [0.25, 0.3) is 5.69 Å². The van der Waals surface area contributed by atoms with Crippen LogP contribution in [0.1, 0.15) is 21.7 Å². The van der Waals surface area contributed by atoms with Gasteiger partial charge in [0.1, 0.15) is 12.1 Å². The zero-order valence-corrected chi connectivity index (χ0v) is 12.4. The second kappa shape index (κ2) is 6.41. The average molecular weight is 308 g/mol. The SMILES string of the molecule is Cc1cc(C)n(-c2ccc(NN=C(C#N)C#N)cc2C(=O)O)n1. The molecule has 0 atom stereocenters. The Hall–Kier alpha value is -3.65. The third kappa shape index (κ3) is 3.34. The average Bonchev–Trinajstić information content (AvgIpc) is 2.86. The molecule has 8 heteroatoms. The molecule has 0 amide bonds. The number of nitrogens with one attached hydrogen (secondary N) is 1. The standard InChI is InChI=1S/C15H12N6O2/c1-9-5-10(2)21(20-9)14-4-3-11(6-13(14)15(22)23)18-19-12(7-16)8-17/h3-6,18H,1-2H3,(H,22,23). The van der Waals surface area contributed by atoms with E-state index in [0.717, 1.165) is 11.4 Å². The molecule has 2 aromatic rings. The Morgan fingerprint density at radius 3 is 2.52 bits per heavy atom. The van der Waals surface area contributed by atoms with Crippen molar-refractivity contribution < 1.29 is 9.90 Å². The molecule has 114 valence electrons. The van der Waals surface area contributed by atoms with Crippen molar-refractivity contribution in [2.24, 2.45) is 5.10 Å². The lowest BCUT2D eigenvalue weighted by atomic mass is 10.1. The van der Waals surface area contributed by atoms with Gasteiger partial charge in [0.2, 0.25) is 5.71 Å². The summed E-state index contributed by atoms with van der Waals surface area (Å²) in [5.74, 6) is -1.12. The molecule has 8 nitrogen and oxygen atoms in total. The molecule has 2 N–H and O–H groups in total. The van der Waals surface area contributed by atoms with E-state index in [0.29, 0.717) is 11.4 Å². The summed E-state index contributed by atoms with van der Waals surface area (Å²) in [6, 6.07) is 9.59. The Labute approximate surface area is 131 Å². The summed E-state index contributed by atoms with van der Waals surface area (Å²) in [5, 5.41) is 34.5. The predicted molar refractivity (Wildman–Crippen MR) is 82.3 cm³/mol. The second-order valence-corrected chi connectivity index (χ2v) is 4.67. The van der Waals surface area contributed by atoms with Crippen LogP contribution in [0.5, 0.6) is 0 Å². The number of aryl methyl sites for hydroxylation is 2. The highest BCUT2D eigenvalue weighted by molar-refractivity contribution is 6.10. The van der Waals surface area contributed by atoms with Gasteiger partial charge in [-0.25, -0.2) is 9.48 Å². The van der Waals surface area contributed by atoms with Gasteiger partial charge >= 0.3 is 5.97 Å². The van der Waals surface area contributed by atoms with Gasteiger partial charge in [0.05, 0.1) is 22.6 Å². The van der Waals surface area contributed by atoms with Crippen LogP contribution in [-0.2, 0) is 0 Å². The second-order valence-electron chi connectivity index (χ2n) is 4.67. The predicted octanol–water partition coefficient (Wildman–Crippen LogP) is 2.00. The maximum absolute atomic E-state index is 11.5. The van der Waals surface area contributed by atoms with E-state index >= 15 is 0 Å². The van der Waals surface area contributed by atoms with Crippen molar-refractivity contribution >= 4 is 17.4 Å². The fourth-order valence-corrected chi connectivity index (χ4v) is 2.03. The monoisotopic (exact) mass is 308 g/mol. The number of carboxylic acid groups (broad SMARTS) is 1. The number of aromatic nitrogens is 2. The van der Waals surface area contributed by atoms with E-state index < -0.39 is 5.97 Å². The quantitative estimate of drug-likeness (QED) is 0.657. The number of nitriles is 2. The number of aromatic carboxylic acids is 1. The minimum absolute atomic E-state index is 0.0202. The first-order valence-electron chi connectivity index (χ1n) is 6.51. The molecule has 1 aromatic carbocycles. The highest BCUT2D eigenvalue weighted by Crippen LogP contribution is 2.21. The summed E-state index contributed by atoms with van der Waals surface area (Å²) in [7, 11) is 0. The van der Waals surface area contributed by atoms with Crippen LogP contribution in [0, 0.1) is 36.5 Å². The highest BCUT2D eigenvalue weighted by Gasteiger charge is 2.15. The van der Waals surface area contributed by atoms with Crippen LogP contribution in [0.3, 0.4) is 0 Å². The first-order chi connectivity index (χ1) is 11.0. The van der Waals surface area contributed by atoms with Crippen LogP contribution in [0.4, 0.5) is 5.69 Å². The molecule has 0 fully saturated rings. The number of anilines is 1. The largest absolute Gasteiger partial charge is 0.478 e. The van der Waals surface area contributed by atoms with Crippen molar-refractivity contribution in [2.75, 3.05) is 5.43 Å². The van der Waals surface area contributed by atoms with Crippen molar-refractivity contribution in [2.45, 2.75) is 13.8 Å². The number of hydrogen-bond acceptors (Lipinski definition) is 6. The summed E-state index contributed by atoms with van der Waals surface area (Å²) in [4.78, 5) is 11.5. The zero-order valence-electron chi connectivity index (χ0n) is 12.4. The number of carbonyl (C=O) groups is 1. The molecule has 0 spiro atoms. The summed E-state index contributed by atoms with van der Waals surface area (Å²) in [5.41, 5.74) is 4.49. The molecule has 2 rings (SSSR count). The molecule has 0 aliphatic carbocycles. The van der Waals surface area contributed by atoms with E-state index in [4.69, 9.17) is 10.5 Å². The van der Waals surface area contributed by atoms with Gasteiger partial charge in [-0.05, 0) is 38.1 Å². The third-order valence-corrected chi connectivity index (χ3v) is 2.97. The van der Waals surface area contributed by atoms with Crippen LogP contribution in [0.2, 0.25) is 0 Å². The zero-order chi connectivity index (χ0) is 17.0. The van der Waals surface area contributed by atoms with E-state index in [1.165, 1.54) is 6.07 Å². The molecular formula is C15H12N6O2. The van der Waals surface area contributed by atoms with Crippen molar-refractivity contribution in [1.29, 1.82) is 10.5 Å². The molecule has 23 heavy (non-hydrogen) atoms. The summed E-state index contributed by atoms with van der Waals surface area (Å²) in [6.07, 6.45) is 0. The van der Waals surface area contributed by atoms with Crippen molar-refractivity contribution in [1.82, 2.24) is 9.78 Å². The van der Waals surface area contributed by atoms with E-state index in [-0.39, 0.29) is 11.3 Å². The minimum Gasteiger partial charge on any atom is -0.478 e. The molecule has 1 heterocycles. The van der Waals surface area contributed by atoms with Crippen LogP contribution >= 0.6 is 0 Å². The lowest BCUT2D eigenvalue weighted by Gasteiger charge is -2.10. The summed E-state index contributed by atoms with van der Waals surface area (Å²) < 4.78 is 1.54. The van der Waals surface area contributed by atoms with Crippen LogP contribution < -0.4 is 5.43 Å². The smallest absolute Gasteiger partial charge is 0.337 e. The maximum atomic E-state index is 11.5. The molecule has 0 radical (unpaired) electrons. The molecule has 0 saturated heterocycles. The van der Waals surface area contributed by atoms with Crippen molar-refractivity contribution in [3.8, 4) is 17.8 Å². The molecule has 0 aliphatic heterocycles. The van der Waals surface area contributed by atoms with Crippen molar-refractivity contribution in [3.63, 3.8) is 0 Å². The molecular weight excluding hydrogens is 296 g/mol. The maximum Gasteiger partial charge on any atom is 0.337 e. The van der Waals surface area contributed by atoms with E-state index in [2.05, 4.69) is 15.6 Å². The first kappa shape index (κ1) is 15.7. The highest BCUT2D eigenvalue weighted by atomic mass is 16.4. The molecule has 0 saturated carbocycles. The molecule has 0 unspecified atom stereocenters. The molecule has 0 bridgehead atoms. The van der Waals surface area contributed by atoms with E-state index in [1.54, 1.807) is 29.0 Å². The Morgan fingerprint density at radius 1 is 1.30 bits per heavy atom. The van der Waals surface area contributed by atoms with E-state index in [9.17, 15) is 9.90 Å². The third-order valence-electron chi connectivity index (χ3n) is 2.97. The number of carboxylic acids is 1. The van der Waals surface area contributed by atoms with Gasteiger partial charge in [0.15, 0.2) is 0 Å². The van der Waals surface area contributed by atoms with Gasteiger partial charge < -0.3 is 5.11 Å². The van der Waals surface area contributed by atoms with Crippen LogP contribution in [-0.4, -0.2) is 26.6 Å². The van der Waals surface area contributed by atoms with E-state index in [1.807, 2.05) is 19.9 Å². The molecule has 0 aliphatic rings. The van der Waals surface area contributed by atoms with Gasteiger partial charge in [-0.15, -0.1) is 0 Å². The topological polar surface area (TPSA) is 127 Å². The number of hydrogen-bond donors (Lipinski definition) is 2. The Kier molecular flexibility index (Phi) is 4.39. The number of benzene rings is 1. The number of nitrogens with zero attached hydrogens (tertiary/aromatic N) is 5. The summed E-state index contributed by atoms with van der Waals surface area (Å²) in [6.45, 7) is 3.65. The number of hydrazone groups is 1.